The maximum atomic E-state index is 13.6. The highest BCUT2D eigenvalue weighted by atomic mass is 19.1. The zero-order valence-electron chi connectivity index (χ0n) is 11.8. The SMILES string of the molecule is CC(=O)N[C@H](C(=O)Nc1ccc(F)cc1F)C1CCCC1. The lowest BCUT2D eigenvalue weighted by Gasteiger charge is -2.23. The van der Waals surface area contributed by atoms with Gasteiger partial charge in [0, 0.05) is 13.0 Å². The number of carbonyl (C=O) groups excluding carboxylic acids is 2. The molecular formula is C15H18F2N2O2. The molecule has 2 rings (SSSR count). The van der Waals surface area contributed by atoms with Crippen LogP contribution in [-0.2, 0) is 9.59 Å². The first-order valence-electron chi connectivity index (χ1n) is 7.00. The number of hydrogen-bond donors (Lipinski definition) is 2. The second-order valence-corrected chi connectivity index (χ2v) is 5.34. The van der Waals surface area contributed by atoms with Crippen molar-refractivity contribution in [3.63, 3.8) is 0 Å². The molecule has 2 amide bonds. The Balaban J connectivity index is 2.11. The molecule has 0 heterocycles. The van der Waals surface area contributed by atoms with Crippen molar-refractivity contribution in [1.82, 2.24) is 5.32 Å². The van der Waals surface area contributed by atoms with Crippen molar-refractivity contribution in [2.45, 2.75) is 38.6 Å². The first-order chi connectivity index (χ1) is 9.97. The Bertz CT molecular complexity index is 542. The lowest BCUT2D eigenvalue weighted by Crippen LogP contribution is -2.47. The van der Waals surface area contributed by atoms with Gasteiger partial charge in [-0.2, -0.15) is 0 Å². The van der Waals surface area contributed by atoms with Gasteiger partial charge in [0.2, 0.25) is 11.8 Å². The van der Waals surface area contributed by atoms with E-state index in [1.54, 1.807) is 0 Å². The second kappa shape index (κ2) is 6.65. The largest absolute Gasteiger partial charge is 0.344 e. The number of carbonyl (C=O) groups is 2. The first-order valence-corrected chi connectivity index (χ1v) is 7.00. The summed E-state index contributed by atoms with van der Waals surface area (Å²) in [5, 5.41) is 5.05. The molecule has 2 N–H and O–H groups in total. The normalized spacial score (nSPS) is 16.5. The van der Waals surface area contributed by atoms with Crippen LogP contribution in [0.25, 0.3) is 0 Å². The third kappa shape index (κ3) is 4.00. The maximum absolute atomic E-state index is 13.6. The van der Waals surface area contributed by atoms with Crippen molar-refractivity contribution < 1.29 is 18.4 Å². The molecule has 0 bridgehead atoms. The van der Waals surface area contributed by atoms with Gasteiger partial charge in [-0.25, -0.2) is 8.78 Å². The van der Waals surface area contributed by atoms with Crippen LogP contribution in [0.4, 0.5) is 14.5 Å². The Kier molecular flexibility index (Phi) is 4.88. The molecule has 1 aromatic carbocycles. The fraction of sp³-hybridized carbons (Fsp3) is 0.467. The summed E-state index contributed by atoms with van der Waals surface area (Å²) in [6.07, 6.45) is 3.73. The van der Waals surface area contributed by atoms with E-state index in [2.05, 4.69) is 10.6 Å². The molecule has 0 unspecified atom stereocenters. The minimum absolute atomic E-state index is 0.0532. The highest BCUT2D eigenvalue weighted by Gasteiger charge is 2.31. The van der Waals surface area contributed by atoms with Gasteiger partial charge in [-0.05, 0) is 30.9 Å². The molecule has 1 saturated carbocycles. The fourth-order valence-electron chi connectivity index (χ4n) is 2.71. The molecule has 6 heteroatoms. The Hall–Kier alpha value is -1.98. The third-order valence-electron chi connectivity index (χ3n) is 3.70. The molecule has 0 spiro atoms. The quantitative estimate of drug-likeness (QED) is 0.897. The van der Waals surface area contributed by atoms with Gasteiger partial charge in [-0.1, -0.05) is 12.8 Å². The predicted octanol–water partition coefficient (Wildman–Crippen LogP) is 2.60. The molecule has 1 aromatic rings. The van der Waals surface area contributed by atoms with Crippen molar-refractivity contribution in [1.29, 1.82) is 0 Å². The summed E-state index contributed by atoms with van der Waals surface area (Å²) in [4.78, 5) is 23.6. The number of nitrogens with one attached hydrogen (secondary N) is 2. The number of hydrogen-bond acceptors (Lipinski definition) is 2. The van der Waals surface area contributed by atoms with Gasteiger partial charge in [0.25, 0.3) is 0 Å². The van der Waals surface area contributed by atoms with E-state index in [0.717, 1.165) is 31.7 Å². The van der Waals surface area contributed by atoms with E-state index in [-0.39, 0.29) is 17.5 Å². The van der Waals surface area contributed by atoms with E-state index in [1.165, 1.54) is 13.0 Å². The van der Waals surface area contributed by atoms with Crippen LogP contribution in [0.15, 0.2) is 18.2 Å². The standard InChI is InChI=1S/C15H18F2N2O2/c1-9(20)18-14(10-4-2-3-5-10)15(21)19-13-7-6-11(16)8-12(13)17/h6-8,10,14H,2-5H2,1H3,(H,18,20)(H,19,21)/t14-/m0/s1. The van der Waals surface area contributed by atoms with E-state index in [0.29, 0.717) is 6.07 Å². The molecule has 0 radical (unpaired) electrons. The van der Waals surface area contributed by atoms with Gasteiger partial charge < -0.3 is 10.6 Å². The molecule has 1 atom stereocenters. The molecule has 1 aliphatic rings. The smallest absolute Gasteiger partial charge is 0.247 e. The van der Waals surface area contributed by atoms with Crippen molar-refractivity contribution in [2.75, 3.05) is 5.32 Å². The molecule has 1 fully saturated rings. The average Bonchev–Trinajstić information content (AvgIpc) is 2.92. The van der Waals surface area contributed by atoms with Crippen LogP contribution >= 0.6 is 0 Å². The molecule has 4 nitrogen and oxygen atoms in total. The maximum Gasteiger partial charge on any atom is 0.247 e. The van der Waals surface area contributed by atoms with Crippen molar-refractivity contribution in [3.8, 4) is 0 Å². The van der Waals surface area contributed by atoms with Gasteiger partial charge >= 0.3 is 0 Å². The van der Waals surface area contributed by atoms with Crippen LogP contribution in [0.5, 0.6) is 0 Å². The van der Waals surface area contributed by atoms with Gasteiger partial charge in [0.05, 0.1) is 5.69 Å². The van der Waals surface area contributed by atoms with E-state index < -0.39 is 23.6 Å². The summed E-state index contributed by atoms with van der Waals surface area (Å²) in [6, 6.07) is 2.26. The van der Waals surface area contributed by atoms with E-state index in [4.69, 9.17) is 0 Å². The summed E-state index contributed by atoms with van der Waals surface area (Å²) in [7, 11) is 0. The summed E-state index contributed by atoms with van der Waals surface area (Å²) in [5.74, 6) is -2.27. The van der Waals surface area contributed by atoms with Crippen molar-refractivity contribution in [3.05, 3.63) is 29.8 Å². The van der Waals surface area contributed by atoms with Crippen molar-refractivity contribution in [2.24, 2.45) is 5.92 Å². The van der Waals surface area contributed by atoms with Gasteiger partial charge in [-0.3, -0.25) is 9.59 Å². The van der Waals surface area contributed by atoms with Crippen LogP contribution in [0, 0.1) is 17.6 Å². The molecule has 0 saturated heterocycles. The fourth-order valence-corrected chi connectivity index (χ4v) is 2.71. The van der Waals surface area contributed by atoms with Gasteiger partial charge in [0.1, 0.15) is 17.7 Å². The zero-order chi connectivity index (χ0) is 15.4. The van der Waals surface area contributed by atoms with E-state index in [9.17, 15) is 18.4 Å². The molecular weight excluding hydrogens is 278 g/mol. The monoisotopic (exact) mass is 296 g/mol. The van der Waals surface area contributed by atoms with Crippen LogP contribution in [-0.4, -0.2) is 17.9 Å². The Labute approximate surface area is 121 Å². The second-order valence-electron chi connectivity index (χ2n) is 5.34. The van der Waals surface area contributed by atoms with E-state index >= 15 is 0 Å². The number of halogens is 2. The lowest BCUT2D eigenvalue weighted by molar-refractivity contribution is -0.126. The Morgan fingerprint density at radius 1 is 1.24 bits per heavy atom. The summed E-state index contributed by atoms with van der Waals surface area (Å²) in [6.45, 7) is 1.34. The number of amides is 2. The van der Waals surface area contributed by atoms with E-state index in [1.807, 2.05) is 0 Å². The molecule has 1 aliphatic carbocycles. The van der Waals surface area contributed by atoms with Crippen LogP contribution in [0.1, 0.15) is 32.6 Å². The lowest BCUT2D eigenvalue weighted by atomic mass is 9.97. The summed E-state index contributed by atoms with van der Waals surface area (Å²) in [5.41, 5.74) is -0.0882. The molecule has 0 aliphatic heterocycles. The highest BCUT2D eigenvalue weighted by molar-refractivity contribution is 5.97. The summed E-state index contributed by atoms with van der Waals surface area (Å²) >= 11 is 0. The number of rotatable bonds is 4. The summed E-state index contributed by atoms with van der Waals surface area (Å²) < 4.78 is 26.4. The Morgan fingerprint density at radius 2 is 1.90 bits per heavy atom. The van der Waals surface area contributed by atoms with Crippen LogP contribution in [0.2, 0.25) is 0 Å². The minimum Gasteiger partial charge on any atom is -0.344 e. The Morgan fingerprint density at radius 3 is 2.48 bits per heavy atom. The third-order valence-corrected chi connectivity index (χ3v) is 3.70. The molecule has 0 aromatic heterocycles. The average molecular weight is 296 g/mol. The first kappa shape index (κ1) is 15.4. The topological polar surface area (TPSA) is 58.2 Å². The molecule has 21 heavy (non-hydrogen) atoms. The van der Waals surface area contributed by atoms with Crippen LogP contribution < -0.4 is 10.6 Å². The van der Waals surface area contributed by atoms with Gasteiger partial charge in [-0.15, -0.1) is 0 Å². The van der Waals surface area contributed by atoms with Crippen molar-refractivity contribution >= 4 is 17.5 Å². The predicted molar refractivity (Wildman–Crippen MR) is 74.6 cm³/mol. The number of benzene rings is 1. The molecule has 114 valence electrons. The minimum atomic E-state index is -0.837. The number of anilines is 1. The zero-order valence-corrected chi connectivity index (χ0v) is 11.8. The van der Waals surface area contributed by atoms with Gasteiger partial charge in [0.15, 0.2) is 0 Å². The highest BCUT2D eigenvalue weighted by Crippen LogP contribution is 2.28. The van der Waals surface area contributed by atoms with Crippen LogP contribution in [0.3, 0.4) is 0 Å².